The number of allylic oxidation sites excluding steroid dienone is 1. The number of benzene rings is 1. The predicted molar refractivity (Wildman–Crippen MR) is 119 cm³/mol. The van der Waals surface area contributed by atoms with Gasteiger partial charge in [0.05, 0.1) is 22.3 Å². The van der Waals surface area contributed by atoms with Crippen LogP contribution in [0.4, 0.5) is 4.39 Å². The Labute approximate surface area is 199 Å². The molecular formula is C24H20ClFN4O4. The molecule has 1 aromatic carbocycles. The lowest BCUT2D eigenvalue weighted by Gasteiger charge is -2.68. The molecule has 34 heavy (non-hydrogen) atoms. The maximum Gasteiger partial charge on any atom is 0.258 e. The van der Waals surface area contributed by atoms with E-state index in [0.29, 0.717) is 17.5 Å². The largest absolute Gasteiger partial charge is 0.484 e. The maximum absolute atomic E-state index is 13.5. The molecule has 2 heterocycles. The van der Waals surface area contributed by atoms with E-state index in [1.165, 1.54) is 12.1 Å². The smallest absolute Gasteiger partial charge is 0.258 e. The Balaban J connectivity index is 0.986. The van der Waals surface area contributed by atoms with Crippen molar-refractivity contribution in [3.05, 3.63) is 70.4 Å². The molecule has 0 radical (unpaired) electrons. The fraction of sp³-hybridized carbons (Fsp3) is 0.333. The number of carbonyl (C=O) groups is 1. The van der Waals surface area contributed by atoms with Gasteiger partial charge in [-0.05, 0) is 55.5 Å². The molecule has 0 unspecified atom stereocenters. The summed E-state index contributed by atoms with van der Waals surface area (Å²) in [6.45, 7) is -0.0348. The second-order valence-corrected chi connectivity index (χ2v) is 9.52. The summed E-state index contributed by atoms with van der Waals surface area (Å²) < 4.78 is 30.5. The Kier molecular flexibility index (Phi) is 4.84. The first-order valence-electron chi connectivity index (χ1n) is 10.9. The lowest BCUT2D eigenvalue weighted by Crippen LogP contribution is -2.77. The van der Waals surface area contributed by atoms with Gasteiger partial charge in [-0.2, -0.15) is 0 Å². The summed E-state index contributed by atoms with van der Waals surface area (Å²) in [6.07, 6.45) is 8.79. The van der Waals surface area contributed by atoms with E-state index < -0.39 is 5.82 Å². The quantitative estimate of drug-likeness (QED) is 0.521. The van der Waals surface area contributed by atoms with Crippen LogP contribution in [-0.4, -0.2) is 33.2 Å². The van der Waals surface area contributed by atoms with Gasteiger partial charge in [-0.3, -0.25) is 9.78 Å². The lowest BCUT2D eigenvalue weighted by molar-refractivity contribution is -0.143. The van der Waals surface area contributed by atoms with Crippen LogP contribution in [0.1, 0.15) is 42.3 Å². The molecule has 10 heteroatoms. The first-order chi connectivity index (χ1) is 16.4. The van der Waals surface area contributed by atoms with E-state index in [9.17, 15) is 9.18 Å². The minimum Gasteiger partial charge on any atom is -0.484 e. The minimum atomic E-state index is -0.591. The number of pyridine rings is 1. The molecule has 4 aliphatic carbocycles. The molecule has 0 saturated heterocycles. The number of halogens is 2. The van der Waals surface area contributed by atoms with Gasteiger partial charge >= 0.3 is 0 Å². The van der Waals surface area contributed by atoms with E-state index in [1.54, 1.807) is 6.20 Å². The molecule has 7 rings (SSSR count). The van der Waals surface area contributed by atoms with Crippen molar-refractivity contribution in [1.82, 2.24) is 20.5 Å². The number of aromatic nitrogens is 3. The van der Waals surface area contributed by atoms with Crippen LogP contribution in [0.2, 0.25) is 5.02 Å². The molecule has 4 aliphatic rings. The molecular weight excluding hydrogens is 463 g/mol. The average Bonchev–Trinajstić information content (AvgIpc) is 3.43. The Hall–Kier alpha value is -3.46. The van der Waals surface area contributed by atoms with Crippen molar-refractivity contribution in [3.63, 3.8) is 0 Å². The standard InChI is InChI=1S/C24H20ClFN4O4/c25-17-5-4-15(7-18(17)26)32-9-20(31)28-24-11-23(12-24,13-24)22-30-29-21(34-22)10-33-16-6-14-2-1-3-19(14)27-8-16/h1,3-8H,2,9-13H2,(H,28,31). The maximum atomic E-state index is 13.5. The minimum absolute atomic E-state index is 0.00417. The van der Waals surface area contributed by atoms with Crippen molar-refractivity contribution in [3.8, 4) is 11.5 Å². The van der Waals surface area contributed by atoms with Crippen LogP contribution in [-0.2, 0) is 23.2 Å². The van der Waals surface area contributed by atoms with Crippen LogP contribution in [0.15, 0.2) is 41.0 Å². The number of rotatable bonds is 8. The highest BCUT2D eigenvalue weighted by Crippen LogP contribution is 2.67. The first kappa shape index (κ1) is 21.1. The third-order valence-electron chi connectivity index (χ3n) is 6.57. The number of hydrogen-bond acceptors (Lipinski definition) is 7. The number of nitrogens with one attached hydrogen (secondary N) is 1. The highest BCUT2D eigenvalue weighted by Gasteiger charge is 2.71. The molecule has 2 bridgehead atoms. The van der Waals surface area contributed by atoms with E-state index in [0.717, 1.165) is 43.0 Å². The van der Waals surface area contributed by atoms with Gasteiger partial charge in [-0.25, -0.2) is 4.39 Å². The van der Waals surface area contributed by atoms with E-state index in [-0.39, 0.29) is 40.8 Å². The summed E-state index contributed by atoms with van der Waals surface area (Å²) in [4.78, 5) is 16.7. The molecule has 3 saturated carbocycles. The van der Waals surface area contributed by atoms with Crippen molar-refractivity contribution >= 4 is 23.6 Å². The summed E-state index contributed by atoms with van der Waals surface area (Å²) in [6, 6.07) is 6.03. The number of amides is 1. The van der Waals surface area contributed by atoms with Gasteiger partial charge in [-0.15, -0.1) is 10.2 Å². The molecule has 0 aliphatic heterocycles. The van der Waals surface area contributed by atoms with Gasteiger partial charge in [-0.1, -0.05) is 17.7 Å². The summed E-state index contributed by atoms with van der Waals surface area (Å²) >= 11 is 5.65. The Morgan fingerprint density at radius 2 is 2.03 bits per heavy atom. The topological polar surface area (TPSA) is 99.4 Å². The summed E-state index contributed by atoms with van der Waals surface area (Å²) in [5.74, 6) is 1.04. The molecule has 0 spiro atoms. The SMILES string of the molecule is O=C(COc1ccc(Cl)c(F)c1)NC12CC(c3nnc(COc4cnc5c(c4)CC=C5)o3)(C1)C2. The summed E-state index contributed by atoms with van der Waals surface area (Å²) in [5.41, 5.74) is 1.64. The monoisotopic (exact) mass is 482 g/mol. The molecule has 8 nitrogen and oxygen atoms in total. The third-order valence-corrected chi connectivity index (χ3v) is 6.88. The molecule has 1 N–H and O–H groups in total. The first-order valence-corrected chi connectivity index (χ1v) is 11.3. The number of nitrogens with zero attached hydrogens (tertiary/aromatic N) is 3. The van der Waals surface area contributed by atoms with Gasteiger partial charge in [0.15, 0.2) is 13.2 Å². The zero-order chi connectivity index (χ0) is 23.3. The van der Waals surface area contributed by atoms with Gasteiger partial charge in [0.1, 0.15) is 17.3 Å². The Bertz CT molecular complexity index is 1300. The second-order valence-electron chi connectivity index (χ2n) is 9.12. The molecule has 3 aromatic rings. The van der Waals surface area contributed by atoms with Gasteiger partial charge in [0.2, 0.25) is 5.89 Å². The lowest BCUT2D eigenvalue weighted by atomic mass is 9.39. The van der Waals surface area contributed by atoms with Crippen molar-refractivity contribution in [2.24, 2.45) is 0 Å². The van der Waals surface area contributed by atoms with Crippen molar-refractivity contribution in [2.45, 2.75) is 43.2 Å². The van der Waals surface area contributed by atoms with Gasteiger partial charge in [0, 0.05) is 11.6 Å². The van der Waals surface area contributed by atoms with Crippen LogP contribution >= 0.6 is 11.6 Å². The van der Waals surface area contributed by atoms with Crippen molar-refractivity contribution in [2.75, 3.05) is 6.61 Å². The van der Waals surface area contributed by atoms with Crippen LogP contribution in [0.25, 0.3) is 6.08 Å². The zero-order valence-electron chi connectivity index (χ0n) is 18.0. The van der Waals surface area contributed by atoms with E-state index in [2.05, 4.69) is 26.6 Å². The molecule has 3 fully saturated rings. The summed E-state index contributed by atoms with van der Waals surface area (Å²) in [7, 11) is 0. The van der Waals surface area contributed by atoms with Crippen LogP contribution in [0.3, 0.4) is 0 Å². The van der Waals surface area contributed by atoms with Gasteiger partial charge in [0.25, 0.3) is 11.8 Å². The second kappa shape index (κ2) is 7.80. The zero-order valence-corrected chi connectivity index (χ0v) is 18.8. The number of fused-ring (bicyclic) bond motifs is 1. The fourth-order valence-electron chi connectivity index (χ4n) is 5.06. The van der Waals surface area contributed by atoms with Gasteiger partial charge < -0.3 is 19.2 Å². The highest BCUT2D eigenvalue weighted by molar-refractivity contribution is 6.30. The Morgan fingerprint density at radius 3 is 2.85 bits per heavy atom. The van der Waals surface area contributed by atoms with Crippen molar-refractivity contribution < 1.29 is 23.1 Å². The van der Waals surface area contributed by atoms with E-state index in [1.807, 2.05) is 12.1 Å². The third kappa shape index (κ3) is 3.69. The Morgan fingerprint density at radius 1 is 1.18 bits per heavy atom. The number of carbonyl (C=O) groups excluding carboxylic acids is 1. The molecule has 2 aromatic heterocycles. The number of ether oxygens (including phenoxy) is 2. The number of hydrogen-bond donors (Lipinski definition) is 1. The van der Waals surface area contributed by atoms with E-state index in [4.69, 9.17) is 25.5 Å². The molecule has 0 atom stereocenters. The highest BCUT2D eigenvalue weighted by atomic mass is 35.5. The summed E-state index contributed by atoms with van der Waals surface area (Å²) in [5, 5.41) is 11.3. The predicted octanol–water partition coefficient (Wildman–Crippen LogP) is 3.77. The molecule has 1 amide bonds. The van der Waals surface area contributed by atoms with Crippen LogP contribution in [0, 0.1) is 5.82 Å². The van der Waals surface area contributed by atoms with E-state index >= 15 is 0 Å². The van der Waals surface area contributed by atoms with Crippen LogP contribution < -0.4 is 14.8 Å². The molecule has 174 valence electrons. The van der Waals surface area contributed by atoms with Crippen molar-refractivity contribution in [1.29, 1.82) is 0 Å². The van der Waals surface area contributed by atoms with Crippen LogP contribution in [0.5, 0.6) is 11.5 Å². The fourth-order valence-corrected chi connectivity index (χ4v) is 5.17. The normalized spacial score (nSPS) is 23.6. The average molecular weight is 483 g/mol.